The molecule has 7 heteroatoms. The molecule has 0 spiro atoms. The van der Waals surface area contributed by atoms with E-state index in [4.69, 9.17) is 4.74 Å². The molecular weight excluding hydrogens is 358 g/mol. The van der Waals surface area contributed by atoms with Crippen LogP contribution in [0.2, 0.25) is 0 Å². The van der Waals surface area contributed by atoms with Crippen LogP contribution in [-0.4, -0.2) is 61.5 Å². The summed E-state index contributed by atoms with van der Waals surface area (Å²) in [6.45, 7) is 3.17. The largest absolute Gasteiger partial charge is 0.375 e. The summed E-state index contributed by atoms with van der Waals surface area (Å²) in [5.74, 6) is -0.401. The van der Waals surface area contributed by atoms with Crippen molar-refractivity contribution >= 4 is 17.7 Å². The average molecular weight is 387 g/mol. The molecule has 0 radical (unpaired) electrons. The van der Waals surface area contributed by atoms with Crippen LogP contribution in [0.3, 0.4) is 0 Å². The Labute approximate surface area is 165 Å². The third-order valence-electron chi connectivity index (χ3n) is 5.44. The second-order valence-corrected chi connectivity index (χ2v) is 7.75. The van der Waals surface area contributed by atoms with E-state index in [-0.39, 0.29) is 36.3 Å². The van der Waals surface area contributed by atoms with Crippen LogP contribution in [0, 0.1) is 12.8 Å². The number of likely N-dealkylation sites (tertiary alicyclic amines) is 1. The Bertz CT molecular complexity index is 707. The van der Waals surface area contributed by atoms with E-state index in [0.29, 0.717) is 31.5 Å². The Morgan fingerprint density at radius 1 is 1.11 bits per heavy atom. The van der Waals surface area contributed by atoms with Gasteiger partial charge in [-0.05, 0) is 50.7 Å². The lowest BCUT2D eigenvalue weighted by Crippen LogP contribution is -2.54. The molecule has 2 aliphatic rings. The second-order valence-electron chi connectivity index (χ2n) is 7.75. The van der Waals surface area contributed by atoms with Gasteiger partial charge in [-0.25, -0.2) is 0 Å². The maximum atomic E-state index is 12.8. The maximum absolute atomic E-state index is 12.8. The van der Waals surface area contributed by atoms with Gasteiger partial charge in [0.2, 0.25) is 11.8 Å². The fourth-order valence-corrected chi connectivity index (χ4v) is 3.54. The molecule has 7 nitrogen and oxygen atoms in total. The zero-order valence-corrected chi connectivity index (χ0v) is 16.6. The number of amides is 3. The Morgan fingerprint density at radius 2 is 1.75 bits per heavy atom. The van der Waals surface area contributed by atoms with Crippen molar-refractivity contribution in [1.82, 2.24) is 15.5 Å². The maximum Gasteiger partial charge on any atom is 0.251 e. The molecule has 152 valence electrons. The van der Waals surface area contributed by atoms with Crippen LogP contribution < -0.4 is 10.6 Å². The number of hydrogen-bond donors (Lipinski definition) is 2. The molecule has 3 amide bonds. The number of carbonyl (C=O) groups excluding carboxylic acids is 3. The number of rotatable bonds is 7. The van der Waals surface area contributed by atoms with Crippen LogP contribution in [0.1, 0.15) is 41.6 Å². The van der Waals surface area contributed by atoms with Crippen LogP contribution in [0.4, 0.5) is 0 Å². The number of ether oxygens (including phenoxy) is 1. The van der Waals surface area contributed by atoms with Gasteiger partial charge in [-0.1, -0.05) is 17.7 Å². The molecular formula is C21H29N3O4. The van der Waals surface area contributed by atoms with Gasteiger partial charge in [0.15, 0.2) is 0 Å². The standard InChI is InChI=1S/C21H29N3O4/c1-14-3-5-16(6-4-14)20(26)23-19(21(27)22-17-7-8-17)15-9-11-24(12-10-15)18(25)13-28-2/h3-6,15,17,19H,7-13H2,1-2H3,(H,22,27)(H,23,26)/t19-/m1/s1. The van der Waals surface area contributed by atoms with Gasteiger partial charge in [0.25, 0.3) is 5.91 Å². The quantitative estimate of drug-likeness (QED) is 0.737. The zero-order chi connectivity index (χ0) is 20.1. The molecule has 3 rings (SSSR count). The summed E-state index contributed by atoms with van der Waals surface area (Å²) >= 11 is 0. The molecule has 2 N–H and O–H groups in total. The van der Waals surface area contributed by atoms with Gasteiger partial charge in [-0.3, -0.25) is 14.4 Å². The van der Waals surface area contributed by atoms with E-state index in [1.54, 1.807) is 17.0 Å². The van der Waals surface area contributed by atoms with Crippen molar-refractivity contribution < 1.29 is 19.1 Å². The molecule has 0 bridgehead atoms. The van der Waals surface area contributed by atoms with Crippen LogP contribution in [0.25, 0.3) is 0 Å². The summed E-state index contributed by atoms with van der Waals surface area (Å²) in [5, 5.41) is 5.96. The predicted octanol–water partition coefficient (Wildman–Crippen LogP) is 1.26. The van der Waals surface area contributed by atoms with Crippen LogP contribution >= 0.6 is 0 Å². The number of nitrogens with zero attached hydrogens (tertiary/aromatic N) is 1. The topological polar surface area (TPSA) is 87.7 Å². The molecule has 1 aromatic rings. The number of carbonyl (C=O) groups is 3. The third kappa shape index (κ3) is 5.32. The average Bonchev–Trinajstić information content (AvgIpc) is 3.50. The zero-order valence-electron chi connectivity index (χ0n) is 16.6. The van der Waals surface area contributed by atoms with E-state index in [0.717, 1.165) is 18.4 Å². The summed E-state index contributed by atoms with van der Waals surface area (Å²) in [6.07, 6.45) is 3.33. The fraction of sp³-hybridized carbons (Fsp3) is 0.571. The van der Waals surface area contributed by atoms with Crippen molar-refractivity contribution in [3.8, 4) is 0 Å². The second kappa shape index (κ2) is 9.19. The number of aryl methyl sites for hydroxylation is 1. The number of piperidine rings is 1. The van der Waals surface area contributed by atoms with Crippen molar-refractivity contribution in [2.24, 2.45) is 5.92 Å². The van der Waals surface area contributed by atoms with E-state index in [1.165, 1.54) is 7.11 Å². The van der Waals surface area contributed by atoms with E-state index in [1.807, 2.05) is 19.1 Å². The minimum atomic E-state index is -0.589. The van der Waals surface area contributed by atoms with Crippen molar-refractivity contribution in [1.29, 1.82) is 0 Å². The molecule has 1 aromatic carbocycles. The molecule has 1 aliphatic carbocycles. The number of methoxy groups -OCH3 is 1. The summed E-state index contributed by atoms with van der Waals surface area (Å²) < 4.78 is 4.92. The molecule has 0 unspecified atom stereocenters. The van der Waals surface area contributed by atoms with E-state index < -0.39 is 6.04 Å². The highest BCUT2D eigenvalue weighted by Gasteiger charge is 2.36. The molecule has 2 fully saturated rings. The molecule has 1 aliphatic heterocycles. The van der Waals surface area contributed by atoms with Gasteiger partial charge in [-0.15, -0.1) is 0 Å². The molecule has 1 saturated heterocycles. The smallest absolute Gasteiger partial charge is 0.251 e. The first kappa shape index (κ1) is 20.3. The fourth-order valence-electron chi connectivity index (χ4n) is 3.54. The third-order valence-corrected chi connectivity index (χ3v) is 5.44. The SMILES string of the molecule is COCC(=O)N1CCC([C@@H](NC(=O)c2ccc(C)cc2)C(=O)NC2CC2)CC1. The normalized spacial score (nSPS) is 18.4. The van der Waals surface area contributed by atoms with Gasteiger partial charge in [0.1, 0.15) is 12.6 Å². The minimum absolute atomic E-state index is 0.000238. The first-order valence-electron chi connectivity index (χ1n) is 9.92. The summed E-state index contributed by atoms with van der Waals surface area (Å²) in [5.41, 5.74) is 1.62. The first-order valence-corrected chi connectivity index (χ1v) is 9.92. The Hall–Kier alpha value is -2.41. The van der Waals surface area contributed by atoms with Gasteiger partial charge in [-0.2, -0.15) is 0 Å². The number of benzene rings is 1. The number of hydrogen-bond acceptors (Lipinski definition) is 4. The molecule has 28 heavy (non-hydrogen) atoms. The van der Waals surface area contributed by atoms with Crippen LogP contribution in [-0.2, 0) is 14.3 Å². The van der Waals surface area contributed by atoms with Gasteiger partial charge in [0, 0.05) is 31.8 Å². The number of nitrogens with one attached hydrogen (secondary N) is 2. The monoisotopic (exact) mass is 387 g/mol. The highest BCUT2D eigenvalue weighted by molar-refractivity contribution is 5.97. The summed E-state index contributed by atoms with van der Waals surface area (Å²) in [6, 6.07) is 6.95. The van der Waals surface area contributed by atoms with Crippen molar-refractivity contribution in [2.45, 2.75) is 44.7 Å². The Balaban J connectivity index is 1.65. The Morgan fingerprint density at radius 3 is 2.32 bits per heavy atom. The minimum Gasteiger partial charge on any atom is -0.375 e. The first-order chi connectivity index (χ1) is 13.5. The van der Waals surface area contributed by atoms with E-state index in [2.05, 4.69) is 10.6 Å². The highest BCUT2D eigenvalue weighted by atomic mass is 16.5. The molecule has 1 heterocycles. The van der Waals surface area contributed by atoms with Crippen molar-refractivity contribution in [2.75, 3.05) is 26.8 Å². The highest BCUT2D eigenvalue weighted by Crippen LogP contribution is 2.24. The van der Waals surface area contributed by atoms with Crippen LogP contribution in [0.5, 0.6) is 0 Å². The van der Waals surface area contributed by atoms with Crippen LogP contribution in [0.15, 0.2) is 24.3 Å². The van der Waals surface area contributed by atoms with Gasteiger partial charge in [0.05, 0.1) is 0 Å². The lowest BCUT2D eigenvalue weighted by Gasteiger charge is -2.35. The molecule has 1 atom stereocenters. The summed E-state index contributed by atoms with van der Waals surface area (Å²) in [4.78, 5) is 39.3. The Kier molecular flexibility index (Phi) is 6.67. The van der Waals surface area contributed by atoms with Gasteiger partial charge >= 0.3 is 0 Å². The van der Waals surface area contributed by atoms with Crippen molar-refractivity contribution in [3.63, 3.8) is 0 Å². The van der Waals surface area contributed by atoms with E-state index >= 15 is 0 Å². The summed E-state index contributed by atoms with van der Waals surface area (Å²) in [7, 11) is 1.50. The predicted molar refractivity (Wildman–Crippen MR) is 105 cm³/mol. The van der Waals surface area contributed by atoms with Gasteiger partial charge < -0.3 is 20.3 Å². The lowest BCUT2D eigenvalue weighted by molar-refractivity contribution is -0.136. The lowest BCUT2D eigenvalue weighted by atomic mass is 9.88. The van der Waals surface area contributed by atoms with E-state index in [9.17, 15) is 14.4 Å². The molecule has 1 saturated carbocycles. The molecule has 0 aromatic heterocycles. The van der Waals surface area contributed by atoms with Crippen molar-refractivity contribution in [3.05, 3.63) is 35.4 Å².